The number of aliphatic imine (C=N–C) groups is 1. The van der Waals surface area contributed by atoms with Gasteiger partial charge in [-0.2, -0.15) is 13.2 Å². The molecule has 1 aliphatic heterocycles. The Labute approximate surface area is 77.7 Å². The van der Waals surface area contributed by atoms with Gasteiger partial charge < -0.3 is 9.47 Å². The molecule has 2 atom stereocenters. The van der Waals surface area contributed by atoms with E-state index in [1.807, 2.05) is 0 Å². The molecule has 0 N–H and O–H groups in total. The second-order valence-corrected chi connectivity index (χ2v) is 2.90. The Morgan fingerprint density at radius 2 is 2.21 bits per heavy atom. The average molecular weight is 211 g/mol. The third-order valence-corrected chi connectivity index (χ3v) is 2.02. The zero-order chi connectivity index (χ0) is 11.0. The number of alkyl halides is 3. The van der Waals surface area contributed by atoms with Gasteiger partial charge in [0.05, 0.1) is 7.11 Å². The molecule has 0 amide bonds. The van der Waals surface area contributed by atoms with E-state index >= 15 is 0 Å². The largest absolute Gasteiger partial charge is 0.467 e. The SMILES string of the molecule is COC(=O)[C@@H]1N=CO[C@@]1(C)C(F)(F)F. The summed E-state index contributed by atoms with van der Waals surface area (Å²) in [5.41, 5.74) is -2.62. The summed E-state index contributed by atoms with van der Waals surface area (Å²) >= 11 is 0. The molecule has 0 bridgehead atoms. The summed E-state index contributed by atoms with van der Waals surface area (Å²) in [4.78, 5) is 14.2. The highest BCUT2D eigenvalue weighted by Crippen LogP contribution is 2.39. The quantitative estimate of drug-likeness (QED) is 0.605. The molecule has 0 aliphatic carbocycles. The van der Waals surface area contributed by atoms with Crippen LogP contribution in [0.5, 0.6) is 0 Å². The fourth-order valence-electron chi connectivity index (χ4n) is 1.03. The Morgan fingerprint density at radius 3 is 2.64 bits per heavy atom. The maximum atomic E-state index is 12.5. The molecule has 0 aromatic heterocycles. The number of methoxy groups -OCH3 is 1. The van der Waals surface area contributed by atoms with Crippen molar-refractivity contribution in [2.75, 3.05) is 7.11 Å². The van der Waals surface area contributed by atoms with E-state index in [0.29, 0.717) is 6.40 Å². The van der Waals surface area contributed by atoms with Gasteiger partial charge in [0.25, 0.3) is 0 Å². The molecular weight excluding hydrogens is 203 g/mol. The van der Waals surface area contributed by atoms with E-state index in [-0.39, 0.29) is 0 Å². The fraction of sp³-hybridized carbons (Fsp3) is 0.714. The molecule has 1 rings (SSSR count). The maximum absolute atomic E-state index is 12.5. The second-order valence-electron chi connectivity index (χ2n) is 2.90. The van der Waals surface area contributed by atoms with E-state index in [4.69, 9.17) is 0 Å². The van der Waals surface area contributed by atoms with Crippen molar-refractivity contribution in [3.05, 3.63) is 0 Å². The van der Waals surface area contributed by atoms with E-state index in [1.54, 1.807) is 0 Å². The lowest BCUT2D eigenvalue weighted by atomic mass is 9.97. The lowest BCUT2D eigenvalue weighted by Gasteiger charge is -2.29. The van der Waals surface area contributed by atoms with Gasteiger partial charge in [-0.3, -0.25) is 0 Å². The number of nitrogens with zero attached hydrogens (tertiary/aromatic N) is 1. The number of carbonyl (C=O) groups excluding carboxylic acids is 1. The van der Waals surface area contributed by atoms with Crippen molar-refractivity contribution in [2.45, 2.75) is 24.7 Å². The zero-order valence-electron chi connectivity index (χ0n) is 7.46. The summed E-state index contributed by atoms with van der Waals surface area (Å²) in [5, 5.41) is 0. The highest BCUT2D eigenvalue weighted by Gasteiger charge is 2.63. The molecule has 1 heterocycles. The van der Waals surface area contributed by atoms with Gasteiger partial charge in [-0.15, -0.1) is 0 Å². The number of ether oxygens (including phenoxy) is 2. The van der Waals surface area contributed by atoms with Gasteiger partial charge in [0, 0.05) is 0 Å². The predicted molar refractivity (Wildman–Crippen MR) is 39.8 cm³/mol. The van der Waals surface area contributed by atoms with Crippen molar-refractivity contribution in [3.63, 3.8) is 0 Å². The molecule has 7 heteroatoms. The lowest BCUT2D eigenvalue weighted by molar-refractivity contribution is -0.246. The van der Waals surface area contributed by atoms with Crippen LogP contribution in [0.2, 0.25) is 0 Å². The summed E-state index contributed by atoms with van der Waals surface area (Å²) in [5.74, 6) is -1.07. The highest BCUT2D eigenvalue weighted by molar-refractivity contribution is 5.81. The predicted octanol–water partition coefficient (Wildman–Crippen LogP) is 0.907. The Balaban J connectivity index is 2.96. The smallest absolute Gasteiger partial charge is 0.430 e. The molecule has 0 aromatic carbocycles. The Hall–Kier alpha value is -1.27. The molecule has 0 unspecified atom stereocenters. The first-order valence-electron chi connectivity index (χ1n) is 3.67. The molecule has 1 aliphatic rings. The van der Waals surface area contributed by atoms with E-state index in [9.17, 15) is 18.0 Å². The molecule has 14 heavy (non-hydrogen) atoms. The number of hydrogen-bond donors (Lipinski definition) is 0. The normalized spacial score (nSPS) is 31.4. The van der Waals surface area contributed by atoms with Gasteiger partial charge in [0.15, 0.2) is 12.4 Å². The van der Waals surface area contributed by atoms with Gasteiger partial charge in [-0.1, -0.05) is 0 Å². The standard InChI is InChI=1S/C7H8F3NO3/c1-6(7(8,9)10)4(5(12)13-2)11-3-14-6/h3-4H,1-2H3/t4-,6+/m0/s1. The van der Waals surface area contributed by atoms with Crippen LogP contribution >= 0.6 is 0 Å². The summed E-state index contributed by atoms with van der Waals surface area (Å²) in [6, 6.07) is -1.69. The van der Waals surface area contributed by atoms with Crippen LogP contribution in [-0.2, 0) is 14.3 Å². The molecule has 0 spiro atoms. The van der Waals surface area contributed by atoms with Gasteiger partial charge in [0.2, 0.25) is 5.60 Å². The third kappa shape index (κ3) is 1.42. The molecule has 0 fully saturated rings. The van der Waals surface area contributed by atoms with Crippen molar-refractivity contribution in [1.82, 2.24) is 0 Å². The Bertz CT molecular complexity index is 276. The molecule has 0 radical (unpaired) electrons. The van der Waals surface area contributed by atoms with E-state index in [2.05, 4.69) is 14.5 Å². The van der Waals surface area contributed by atoms with Crippen molar-refractivity contribution < 1.29 is 27.4 Å². The topological polar surface area (TPSA) is 47.9 Å². The highest BCUT2D eigenvalue weighted by atomic mass is 19.4. The molecule has 0 aromatic rings. The van der Waals surface area contributed by atoms with Crippen LogP contribution in [0.15, 0.2) is 4.99 Å². The number of esters is 1. The number of carbonyl (C=O) groups is 1. The molecule has 80 valence electrons. The van der Waals surface area contributed by atoms with Crippen LogP contribution < -0.4 is 0 Å². The third-order valence-electron chi connectivity index (χ3n) is 2.02. The van der Waals surface area contributed by atoms with Crippen LogP contribution in [0.25, 0.3) is 0 Å². The van der Waals surface area contributed by atoms with Crippen LogP contribution in [0, 0.1) is 0 Å². The van der Waals surface area contributed by atoms with Crippen LogP contribution in [0.3, 0.4) is 0 Å². The van der Waals surface area contributed by atoms with Crippen LogP contribution in [0.1, 0.15) is 6.92 Å². The summed E-state index contributed by atoms with van der Waals surface area (Å²) in [7, 11) is 0.993. The first kappa shape index (κ1) is 10.8. The Kier molecular flexibility index (Phi) is 2.43. The summed E-state index contributed by atoms with van der Waals surface area (Å²) in [6.45, 7) is 0.752. The fourth-order valence-corrected chi connectivity index (χ4v) is 1.03. The number of halogens is 3. The van der Waals surface area contributed by atoms with Crippen molar-refractivity contribution in [1.29, 1.82) is 0 Å². The summed E-state index contributed by atoms with van der Waals surface area (Å²) in [6.07, 6.45) is -4.06. The van der Waals surface area contributed by atoms with Crippen molar-refractivity contribution in [3.8, 4) is 0 Å². The zero-order valence-corrected chi connectivity index (χ0v) is 7.46. The molecule has 0 saturated carbocycles. The molecular formula is C7H8F3NO3. The minimum atomic E-state index is -4.68. The van der Waals surface area contributed by atoms with Gasteiger partial charge in [-0.05, 0) is 6.92 Å². The van der Waals surface area contributed by atoms with Gasteiger partial charge >= 0.3 is 12.1 Å². The first-order chi connectivity index (χ1) is 6.33. The maximum Gasteiger partial charge on any atom is 0.430 e. The van der Waals surface area contributed by atoms with Crippen molar-refractivity contribution >= 4 is 12.4 Å². The summed E-state index contributed by atoms with van der Waals surface area (Å²) < 4.78 is 46.0. The van der Waals surface area contributed by atoms with E-state index in [1.165, 1.54) is 0 Å². The lowest BCUT2D eigenvalue weighted by Crippen LogP contribution is -2.53. The average Bonchev–Trinajstić information content (AvgIpc) is 2.46. The van der Waals surface area contributed by atoms with E-state index in [0.717, 1.165) is 14.0 Å². The number of hydrogen-bond acceptors (Lipinski definition) is 4. The minimum Gasteiger partial charge on any atom is -0.467 e. The van der Waals surface area contributed by atoms with Crippen LogP contribution in [0.4, 0.5) is 13.2 Å². The first-order valence-corrected chi connectivity index (χ1v) is 3.67. The van der Waals surface area contributed by atoms with E-state index < -0.39 is 23.8 Å². The Morgan fingerprint density at radius 1 is 1.64 bits per heavy atom. The minimum absolute atomic E-state index is 0.620. The van der Waals surface area contributed by atoms with Gasteiger partial charge in [0.1, 0.15) is 0 Å². The molecule has 4 nitrogen and oxygen atoms in total. The monoisotopic (exact) mass is 211 g/mol. The van der Waals surface area contributed by atoms with Crippen molar-refractivity contribution in [2.24, 2.45) is 4.99 Å². The van der Waals surface area contributed by atoms with Gasteiger partial charge in [-0.25, -0.2) is 9.79 Å². The molecule has 0 saturated heterocycles. The van der Waals surface area contributed by atoms with Crippen LogP contribution in [-0.4, -0.2) is 37.3 Å². The number of rotatable bonds is 1. The second kappa shape index (κ2) is 3.14.